The molecule has 1 nitrogen and oxygen atoms in total. The van der Waals surface area contributed by atoms with E-state index in [2.05, 4.69) is 20.4 Å². The van der Waals surface area contributed by atoms with Gasteiger partial charge in [0.2, 0.25) is 0 Å². The zero-order valence-electron chi connectivity index (χ0n) is 9.42. The van der Waals surface area contributed by atoms with Gasteiger partial charge in [-0.15, -0.1) is 0 Å². The number of hydrogen-bond acceptors (Lipinski definition) is 1. The molecular weight excluding hydrogens is 172 g/mol. The second kappa shape index (κ2) is 3.37. The van der Waals surface area contributed by atoms with Gasteiger partial charge in [0, 0.05) is 5.92 Å². The summed E-state index contributed by atoms with van der Waals surface area (Å²) in [6.45, 7) is 8.67. The molecule has 0 bridgehead atoms. The quantitative estimate of drug-likeness (QED) is 0.587. The van der Waals surface area contributed by atoms with Crippen LogP contribution in [0.25, 0.3) is 0 Å². The molecule has 0 spiro atoms. The Morgan fingerprint density at radius 2 is 2.07 bits per heavy atom. The van der Waals surface area contributed by atoms with Crippen molar-refractivity contribution in [3.63, 3.8) is 0 Å². The van der Waals surface area contributed by atoms with Gasteiger partial charge in [0.15, 0.2) is 0 Å². The minimum absolute atomic E-state index is 0.384. The molecule has 4 unspecified atom stereocenters. The lowest BCUT2D eigenvalue weighted by Gasteiger charge is -2.51. The minimum Gasteiger partial charge on any atom is -0.389 e. The maximum atomic E-state index is 10.7. The van der Waals surface area contributed by atoms with Crippen LogP contribution < -0.4 is 0 Å². The molecule has 2 fully saturated rings. The van der Waals surface area contributed by atoms with Crippen LogP contribution in [0.5, 0.6) is 0 Å². The minimum atomic E-state index is -0.415. The molecule has 0 saturated heterocycles. The lowest BCUT2D eigenvalue weighted by molar-refractivity contribution is -0.0992. The van der Waals surface area contributed by atoms with Gasteiger partial charge in [0.1, 0.15) is 0 Å². The fourth-order valence-electron chi connectivity index (χ4n) is 3.51. The van der Waals surface area contributed by atoms with Crippen LogP contribution in [0.15, 0.2) is 12.2 Å². The molecule has 0 aromatic heterocycles. The highest BCUT2D eigenvalue weighted by Gasteiger charge is 2.48. The van der Waals surface area contributed by atoms with Crippen molar-refractivity contribution in [2.24, 2.45) is 17.8 Å². The Morgan fingerprint density at radius 1 is 1.36 bits per heavy atom. The Balaban J connectivity index is 2.27. The van der Waals surface area contributed by atoms with E-state index in [4.69, 9.17) is 0 Å². The van der Waals surface area contributed by atoms with Gasteiger partial charge < -0.3 is 5.11 Å². The van der Waals surface area contributed by atoms with Crippen LogP contribution >= 0.6 is 0 Å². The zero-order valence-corrected chi connectivity index (χ0v) is 9.42. The van der Waals surface area contributed by atoms with E-state index in [9.17, 15) is 5.11 Å². The maximum absolute atomic E-state index is 10.7. The summed E-state index contributed by atoms with van der Waals surface area (Å²) in [5.41, 5.74) is 0.896. The van der Waals surface area contributed by atoms with Crippen molar-refractivity contribution >= 4 is 0 Å². The summed E-state index contributed by atoms with van der Waals surface area (Å²) >= 11 is 0. The standard InChI is InChI=1S/C13H22O/c1-9-8-10(2)13(14)7-5-4-6-12(13)11(9)3/h9-10,12,14H,3-8H2,1-2H3. The molecule has 0 aromatic rings. The summed E-state index contributed by atoms with van der Waals surface area (Å²) in [5.74, 6) is 1.44. The molecule has 0 amide bonds. The highest BCUT2D eigenvalue weighted by molar-refractivity contribution is 5.18. The highest BCUT2D eigenvalue weighted by Crippen LogP contribution is 2.50. The van der Waals surface area contributed by atoms with Crippen LogP contribution in [0.2, 0.25) is 0 Å². The number of aliphatic hydroxyl groups is 1. The topological polar surface area (TPSA) is 20.2 Å². The molecule has 2 rings (SSSR count). The van der Waals surface area contributed by atoms with Crippen molar-refractivity contribution in [1.82, 2.24) is 0 Å². The zero-order chi connectivity index (χ0) is 10.3. The maximum Gasteiger partial charge on any atom is 0.0738 e. The van der Waals surface area contributed by atoms with Crippen LogP contribution in [0.1, 0.15) is 46.0 Å². The third-order valence-corrected chi connectivity index (χ3v) is 4.56. The number of hydrogen-bond donors (Lipinski definition) is 1. The molecule has 4 atom stereocenters. The van der Waals surface area contributed by atoms with Gasteiger partial charge in [-0.1, -0.05) is 38.8 Å². The molecule has 0 heterocycles. The highest BCUT2D eigenvalue weighted by atomic mass is 16.3. The fourth-order valence-corrected chi connectivity index (χ4v) is 3.51. The van der Waals surface area contributed by atoms with E-state index in [0.717, 1.165) is 19.3 Å². The van der Waals surface area contributed by atoms with Crippen LogP contribution in [-0.4, -0.2) is 10.7 Å². The molecule has 80 valence electrons. The van der Waals surface area contributed by atoms with E-state index in [1.165, 1.54) is 18.4 Å². The molecule has 0 aliphatic heterocycles. The van der Waals surface area contributed by atoms with Gasteiger partial charge in [-0.2, -0.15) is 0 Å². The van der Waals surface area contributed by atoms with Crippen LogP contribution in [-0.2, 0) is 0 Å². The van der Waals surface area contributed by atoms with Crippen molar-refractivity contribution in [2.75, 3.05) is 0 Å². The monoisotopic (exact) mass is 194 g/mol. The smallest absolute Gasteiger partial charge is 0.0738 e. The van der Waals surface area contributed by atoms with Crippen molar-refractivity contribution in [2.45, 2.75) is 51.6 Å². The van der Waals surface area contributed by atoms with Gasteiger partial charge in [0.25, 0.3) is 0 Å². The number of rotatable bonds is 0. The van der Waals surface area contributed by atoms with Gasteiger partial charge >= 0.3 is 0 Å². The molecule has 0 aromatic carbocycles. The first-order valence-electron chi connectivity index (χ1n) is 5.96. The fraction of sp³-hybridized carbons (Fsp3) is 0.846. The third-order valence-electron chi connectivity index (χ3n) is 4.56. The van der Waals surface area contributed by atoms with Crippen molar-refractivity contribution in [3.8, 4) is 0 Å². The second-order valence-electron chi connectivity index (χ2n) is 5.40. The van der Waals surface area contributed by atoms with E-state index in [0.29, 0.717) is 17.8 Å². The second-order valence-corrected chi connectivity index (χ2v) is 5.40. The SMILES string of the molecule is C=C1C(C)CC(C)C2(O)CCCCC12. The Morgan fingerprint density at radius 3 is 2.79 bits per heavy atom. The molecule has 2 saturated carbocycles. The largest absolute Gasteiger partial charge is 0.389 e. The molecular formula is C13H22O. The first kappa shape index (κ1) is 10.2. The first-order valence-corrected chi connectivity index (χ1v) is 5.96. The predicted molar refractivity (Wildman–Crippen MR) is 59.0 cm³/mol. The predicted octanol–water partition coefficient (Wildman–Crippen LogP) is 3.14. The van der Waals surface area contributed by atoms with E-state index in [-0.39, 0.29) is 0 Å². The van der Waals surface area contributed by atoms with Crippen LogP contribution in [0.4, 0.5) is 0 Å². The summed E-state index contributed by atoms with van der Waals surface area (Å²) in [4.78, 5) is 0. The van der Waals surface area contributed by atoms with Gasteiger partial charge in [-0.3, -0.25) is 0 Å². The normalized spacial score (nSPS) is 48.8. The van der Waals surface area contributed by atoms with Gasteiger partial charge in [0.05, 0.1) is 5.60 Å². The average molecular weight is 194 g/mol. The molecule has 1 N–H and O–H groups in total. The molecule has 2 aliphatic rings. The summed E-state index contributed by atoms with van der Waals surface area (Å²) < 4.78 is 0. The summed E-state index contributed by atoms with van der Waals surface area (Å²) in [6, 6.07) is 0. The lowest BCUT2D eigenvalue weighted by atomic mass is 9.58. The van der Waals surface area contributed by atoms with Crippen molar-refractivity contribution in [3.05, 3.63) is 12.2 Å². The first-order chi connectivity index (χ1) is 6.55. The number of fused-ring (bicyclic) bond motifs is 1. The summed E-state index contributed by atoms with van der Waals surface area (Å²) in [7, 11) is 0. The van der Waals surface area contributed by atoms with Gasteiger partial charge in [-0.05, 0) is 31.1 Å². The molecule has 14 heavy (non-hydrogen) atoms. The van der Waals surface area contributed by atoms with Crippen molar-refractivity contribution < 1.29 is 5.11 Å². The van der Waals surface area contributed by atoms with Crippen molar-refractivity contribution in [1.29, 1.82) is 0 Å². The molecule has 2 aliphatic carbocycles. The van der Waals surface area contributed by atoms with E-state index < -0.39 is 5.60 Å². The summed E-state index contributed by atoms with van der Waals surface area (Å²) in [6.07, 6.45) is 5.73. The van der Waals surface area contributed by atoms with Crippen LogP contribution in [0.3, 0.4) is 0 Å². The lowest BCUT2D eigenvalue weighted by Crippen LogP contribution is -2.51. The molecule has 0 radical (unpaired) electrons. The van der Waals surface area contributed by atoms with Crippen LogP contribution in [0, 0.1) is 17.8 Å². The Hall–Kier alpha value is -0.300. The van der Waals surface area contributed by atoms with E-state index >= 15 is 0 Å². The Kier molecular flexibility index (Phi) is 2.46. The Bertz CT molecular complexity index is 246. The van der Waals surface area contributed by atoms with Gasteiger partial charge in [-0.25, -0.2) is 0 Å². The third kappa shape index (κ3) is 1.33. The van der Waals surface area contributed by atoms with E-state index in [1.807, 2.05) is 0 Å². The van der Waals surface area contributed by atoms with E-state index in [1.54, 1.807) is 0 Å². The summed E-state index contributed by atoms with van der Waals surface area (Å²) in [5, 5.41) is 10.7. The average Bonchev–Trinajstić information content (AvgIpc) is 2.15. The Labute approximate surface area is 87.2 Å². The molecule has 1 heteroatoms.